The van der Waals surface area contributed by atoms with E-state index in [0.29, 0.717) is 5.25 Å². The van der Waals surface area contributed by atoms with E-state index in [9.17, 15) is 5.11 Å². The Morgan fingerprint density at radius 3 is 2.92 bits per heavy atom. The lowest BCUT2D eigenvalue weighted by Gasteiger charge is -2.18. The summed E-state index contributed by atoms with van der Waals surface area (Å²) in [7, 11) is 0. The normalized spacial score (nSPS) is 23.3. The zero-order chi connectivity index (χ0) is 9.26. The van der Waals surface area contributed by atoms with Crippen molar-refractivity contribution in [2.45, 2.75) is 31.4 Å². The number of nitrogens with zero attached hydrogens (tertiary/aromatic N) is 1. The molecule has 1 unspecified atom stereocenters. The molecule has 0 radical (unpaired) electrons. The molecule has 1 fully saturated rings. The summed E-state index contributed by atoms with van der Waals surface area (Å²) in [5.41, 5.74) is 0.779. The molecule has 0 saturated carbocycles. The predicted octanol–water partition coefficient (Wildman–Crippen LogP) is 2.38. The van der Waals surface area contributed by atoms with E-state index in [4.69, 9.17) is 0 Å². The highest BCUT2D eigenvalue weighted by Crippen LogP contribution is 2.37. The lowest BCUT2D eigenvalue weighted by Crippen LogP contribution is -2.03. The highest BCUT2D eigenvalue weighted by Gasteiger charge is 2.19. The number of aromatic hydroxyl groups is 1. The number of hydrogen-bond donors (Lipinski definition) is 2. The number of aryl methyl sites for hydroxylation is 1. The fourth-order valence-corrected chi connectivity index (χ4v) is 2.84. The molecule has 72 valence electrons. The SMILES string of the molecule is Cc1[nH]c(C2CCCCS2)nc1O. The van der Waals surface area contributed by atoms with Crippen molar-refractivity contribution < 1.29 is 5.11 Å². The van der Waals surface area contributed by atoms with Gasteiger partial charge in [-0.15, -0.1) is 0 Å². The molecule has 2 N–H and O–H groups in total. The van der Waals surface area contributed by atoms with Gasteiger partial charge in [-0.1, -0.05) is 6.42 Å². The molecule has 13 heavy (non-hydrogen) atoms. The van der Waals surface area contributed by atoms with Gasteiger partial charge in [0.2, 0.25) is 5.88 Å². The maximum absolute atomic E-state index is 9.32. The zero-order valence-corrected chi connectivity index (χ0v) is 8.52. The number of aromatic nitrogens is 2. The minimum absolute atomic E-state index is 0.154. The molecule has 2 heterocycles. The van der Waals surface area contributed by atoms with Gasteiger partial charge in [-0.2, -0.15) is 16.7 Å². The molecule has 0 aliphatic carbocycles. The highest BCUT2D eigenvalue weighted by atomic mass is 32.2. The molecule has 1 atom stereocenters. The highest BCUT2D eigenvalue weighted by molar-refractivity contribution is 7.99. The van der Waals surface area contributed by atoms with E-state index in [1.54, 1.807) is 0 Å². The molecule has 1 aromatic rings. The van der Waals surface area contributed by atoms with Crippen molar-refractivity contribution in [1.29, 1.82) is 0 Å². The summed E-state index contributed by atoms with van der Waals surface area (Å²) in [6.45, 7) is 1.85. The van der Waals surface area contributed by atoms with Crippen LogP contribution in [0.2, 0.25) is 0 Å². The second-order valence-corrected chi connectivity index (χ2v) is 4.74. The maximum Gasteiger partial charge on any atom is 0.232 e. The molecule has 0 amide bonds. The zero-order valence-electron chi connectivity index (χ0n) is 7.71. The van der Waals surface area contributed by atoms with Crippen LogP contribution in [-0.2, 0) is 0 Å². The van der Waals surface area contributed by atoms with Crippen LogP contribution in [0.15, 0.2) is 0 Å². The second kappa shape index (κ2) is 3.62. The molecule has 0 spiro atoms. The Morgan fingerprint density at radius 1 is 1.54 bits per heavy atom. The average Bonchev–Trinajstić information content (AvgIpc) is 2.49. The number of imidazole rings is 1. The maximum atomic E-state index is 9.32. The number of aromatic amines is 1. The van der Waals surface area contributed by atoms with Crippen molar-refractivity contribution in [2.24, 2.45) is 0 Å². The van der Waals surface area contributed by atoms with Crippen LogP contribution in [0.5, 0.6) is 5.88 Å². The summed E-state index contributed by atoms with van der Waals surface area (Å²) in [6.07, 6.45) is 3.77. The third kappa shape index (κ3) is 1.82. The molecule has 1 aliphatic rings. The fourth-order valence-electron chi connectivity index (χ4n) is 1.58. The molecule has 1 aliphatic heterocycles. The first-order valence-corrected chi connectivity index (χ1v) is 5.69. The number of hydrogen-bond acceptors (Lipinski definition) is 3. The lowest BCUT2D eigenvalue weighted by molar-refractivity contribution is 0.451. The van der Waals surface area contributed by atoms with Gasteiger partial charge in [0, 0.05) is 0 Å². The average molecular weight is 198 g/mol. The van der Waals surface area contributed by atoms with E-state index < -0.39 is 0 Å². The molecular weight excluding hydrogens is 184 g/mol. The Hall–Kier alpha value is -0.640. The van der Waals surface area contributed by atoms with Crippen molar-refractivity contribution >= 4 is 11.8 Å². The van der Waals surface area contributed by atoms with Crippen LogP contribution in [-0.4, -0.2) is 20.8 Å². The van der Waals surface area contributed by atoms with Crippen LogP contribution < -0.4 is 0 Å². The molecule has 0 aromatic carbocycles. The van der Waals surface area contributed by atoms with E-state index in [0.717, 1.165) is 11.5 Å². The number of rotatable bonds is 1. The smallest absolute Gasteiger partial charge is 0.232 e. The van der Waals surface area contributed by atoms with E-state index >= 15 is 0 Å². The summed E-state index contributed by atoms with van der Waals surface area (Å²) < 4.78 is 0. The van der Waals surface area contributed by atoms with Crippen LogP contribution in [0, 0.1) is 6.92 Å². The van der Waals surface area contributed by atoms with Crippen molar-refractivity contribution in [1.82, 2.24) is 9.97 Å². The first-order valence-electron chi connectivity index (χ1n) is 4.64. The first kappa shape index (κ1) is 8.94. The summed E-state index contributed by atoms with van der Waals surface area (Å²) >= 11 is 1.93. The minimum atomic E-state index is 0.154. The van der Waals surface area contributed by atoms with Crippen molar-refractivity contribution in [3.8, 4) is 5.88 Å². The van der Waals surface area contributed by atoms with E-state index in [2.05, 4.69) is 9.97 Å². The lowest BCUT2D eigenvalue weighted by atomic mass is 10.2. The van der Waals surface area contributed by atoms with E-state index in [1.807, 2.05) is 18.7 Å². The third-order valence-electron chi connectivity index (χ3n) is 2.36. The van der Waals surface area contributed by atoms with Crippen molar-refractivity contribution in [3.63, 3.8) is 0 Å². The summed E-state index contributed by atoms with van der Waals surface area (Å²) in [5, 5.41) is 9.79. The first-order chi connectivity index (χ1) is 6.27. The number of nitrogens with one attached hydrogen (secondary N) is 1. The van der Waals surface area contributed by atoms with Gasteiger partial charge in [-0.25, -0.2) is 0 Å². The molecule has 0 bridgehead atoms. The molecule has 2 rings (SSSR count). The Kier molecular flexibility index (Phi) is 2.49. The van der Waals surface area contributed by atoms with Crippen LogP contribution >= 0.6 is 11.8 Å². The molecular formula is C9H14N2OS. The number of H-pyrrole nitrogens is 1. The predicted molar refractivity (Wildman–Crippen MR) is 54.0 cm³/mol. The van der Waals surface area contributed by atoms with Crippen molar-refractivity contribution in [2.75, 3.05) is 5.75 Å². The molecule has 1 saturated heterocycles. The van der Waals surface area contributed by atoms with Gasteiger partial charge in [-0.05, 0) is 25.5 Å². The third-order valence-corrected chi connectivity index (χ3v) is 3.75. The van der Waals surface area contributed by atoms with Gasteiger partial charge in [-0.3, -0.25) is 0 Å². The van der Waals surface area contributed by atoms with Gasteiger partial charge < -0.3 is 10.1 Å². The number of thioether (sulfide) groups is 1. The standard InChI is InChI=1S/C9H14N2OS/c1-6-9(12)11-8(10-6)7-4-2-3-5-13-7/h7,12H,2-5H2,1H3,(H,10,11). The molecule has 1 aromatic heterocycles. The quantitative estimate of drug-likeness (QED) is 0.728. The van der Waals surface area contributed by atoms with E-state index in [-0.39, 0.29) is 5.88 Å². The Bertz CT molecular complexity index is 272. The summed E-state index contributed by atoms with van der Waals surface area (Å²) in [4.78, 5) is 7.25. The Balaban J connectivity index is 2.14. The Labute approximate surface area is 82.0 Å². The topological polar surface area (TPSA) is 48.9 Å². The van der Waals surface area contributed by atoms with Gasteiger partial charge in [0.1, 0.15) is 5.82 Å². The van der Waals surface area contributed by atoms with Gasteiger partial charge in [0.25, 0.3) is 0 Å². The van der Waals surface area contributed by atoms with Gasteiger partial charge in [0.15, 0.2) is 0 Å². The van der Waals surface area contributed by atoms with Crippen LogP contribution in [0.1, 0.15) is 36.0 Å². The fraction of sp³-hybridized carbons (Fsp3) is 0.667. The minimum Gasteiger partial charge on any atom is -0.492 e. The molecule has 3 nitrogen and oxygen atoms in total. The van der Waals surface area contributed by atoms with Crippen LogP contribution in [0.25, 0.3) is 0 Å². The summed E-state index contributed by atoms with van der Waals surface area (Å²) in [6, 6.07) is 0. The monoisotopic (exact) mass is 198 g/mol. The second-order valence-electron chi connectivity index (χ2n) is 3.43. The van der Waals surface area contributed by atoms with Gasteiger partial charge in [0.05, 0.1) is 10.9 Å². The largest absolute Gasteiger partial charge is 0.492 e. The van der Waals surface area contributed by atoms with Crippen molar-refractivity contribution in [3.05, 3.63) is 11.5 Å². The summed E-state index contributed by atoms with van der Waals surface area (Å²) in [5.74, 6) is 2.31. The molecule has 4 heteroatoms. The van der Waals surface area contributed by atoms with Crippen LogP contribution in [0.4, 0.5) is 0 Å². The van der Waals surface area contributed by atoms with Crippen LogP contribution in [0.3, 0.4) is 0 Å². The Morgan fingerprint density at radius 2 is 2.38 bits per heavy atom. The van der Waals surface area contributed by atoms with E-state index in [1.165, 1.54) is 25.0 Å². The van der Waals surface area contributed by atoms with Gasteiger partial charge >= 0.3 is 0 Å².